The fourth-order valence-electron chi connectivity index (χ4n) is 2.61. The third-order valence-electron chi connectivity index (χ3n) is 3.94. The normalized spacial score (nSPS) is 10.7. The molecule has 0 aliphatic heterocycles. The Hall–Kier alpha value is -2.70. The molecule has 0 bridgehead atoms. The van der Waals surface area contributed by atoms with Gasteiger partial charge in [-0.05, 0) is 25.5 Å². The van der Waals surface area contributed by atoms with Crippen LogP contribution in [0.5, 0.6) is 17.2 Å². The average Bonchev–Trinajstić information content (AvgIpc) is 2.64. The van der Waals surface area contributed by atoms with Gasteiger partial charge in [0.1, 0.15) is 16.7 Å². The highest BCUT2D eigenvalue weighted by Crippen LogP contribution is 2.37. The monoisotopic (exact) mass is 378 g/mol. The fraction of sp³-hybridized carbons (Fsp3) is 0.500. The van der Waals surface area contributed by atoms with E-state index in [9.17, 15) is 14.7 Å². The topological polar surface area (TPSA) is 95.2 Å². The molecule has 0 unspecified atom stereocenters. The first kappa shape index (κ1) is 20.6. The van der Waals surface area contributed by atoms with E-state index in [1.54, 1.807) is 25.1 Å². The highest BCUT2D eigenvalue weighted by Gasteiger charge is 2.19. The number of esters is 1. The van der Waals surface area contributed by atoms with Crippen molar-refractivity contribution in [2.24, 2.45) is 0 Å². The summed E-state index contributed by atoms with van der Waals surface area (Å²) in [4.78, 5) is 23.5. The largest absolute Gasteiger partial charge is 0.503 e. The van der Waals surface area contributed by atoms with E-state index in [0.717, 1.165) is 25.7 Å². The summed E-state index contributed by atoms with van der Waals surface area (Å²) in [6.07, 6.45) is 4.01. The molecule has 0 aliphatic carbocycles. The van der Waals surface area contributed by atoms with Crippen molar-refractivity contribution >= 4 is 16.9 Å². The summed E-state index contributed by atoms with van der Waals surface area (Å²) in [6.45, 7) is 4.53. The van der Waals surface area contributed by atoms with Crippen molar-refractivity contribution in [3.63, 3.8) is 0 Å². The number of fused-ring (bicyclic) bond motifs is 1. The van der Waals surface area contributed by atoms with E-state index in [2.05, 4.69) is 6.92 Å². The van der Waals surface area contributed by atoms with Crippen molar-refractivity contribution in [2.75, 3.05) is 19.8 Å². The van der Waals surface area contributed by atoms with Gasteiger partial charge in [0.15, 0.2) is 5.75 Å². The van der Waals surface area contributed by atoms with Gasteiger partial charge in [-0.1, -0.05) is 32.3 Å². The molecule has 1 N–H and O–H groups in total. The second-order valence-corrected chi connectivity index (χ2v) is 6.01. The van der Waals surface area contributed by atoms with Crippen LogP contribution in [0.1, 0.15) is 46.0 Å². The lowest BCUT2D eigenvalue weighted by molar-refractivity contribution is -0.143. The number of rotatable bonds is 11. The molecule has 0 aliphatic rings. The van der Waals surface area contributed by atoms with Gasteiger partial charge in [-0.3, -0.25) is 4.79 Å². The van der Waals surface area contributed by atoms with Crippen molar-refractivity contribution in [1.82, 2.24) is 0 Å². The van der Waals surface area contributed by atoms with Crippen molar-refractivity contribution in [3.8, 4) is 17.2 Å². The minimum absolute atomic E-state index is 0.0720. The van der Waals surface area contributed by atoms with Crippen LogP contribution in [0, 0.1) is 0 Å². The van der Waals surface area contributed by atoms with Gasteiger partial charge in [0.05, 0.1) is 26.2 Å². The Labute approximate surface area is 157 Å². The van der Waals surface area contributed by atoms with Gasteiger partial charge >= 0.3 is 11.6 Å². The number of hydrogen-bond acceptors (Lipinski definition) is 7. The van der Waals surface area contributed by atoms with Crippen LogP contribution in [0.3, 0.4) is 0 Å². The lowest BCUT2D eigenvalue weighted by atomic mass is 10.2. The van der Waals surface area contributed by atoms with Crippen LogP contribution in [0.4, 0.5) is 0 Å². The van der Waals surface area contributed by atoms with Gasteiger partial charge in [-0.15, -0.1) is 0 Å². The van der Waals surface area contributed by atoms with Crippen LogP contribution in [0.2, 0.25) is 0 Å². The molecule has 0 saturated carbocycles. The van der Waals surface area contributed by atoms with Crippen molar-refractivity contribution in [2.45, 2.75) is 46.0 Å². The van der Waals surface area contributed by atoms with E-state index in [1.165, 1.54) is 0 Å². The van der Waals surface area contributed by atoms with E-state index >= 15 is 0 Å². The summed E-state index contributed by atoms with van der Waals surface area (Å²) in [5.41, 5.74) is -0.552. The summed E-state index contributed by atoms with van der Waals surface area (Å²) >= 11 is 0. The van der Waals surface area contributed by atoms with E-state index in [1.807, 2.05) is 0 Å². The maximum absolute atomic E-state index is 12.1. The first-order valence-electron chi connectivity index (χ1n) is 9.28. The molecule has 27 heavy (non-hydrogen) atoms. The SMILES string of the molecule is CCCCCCOc1c(O)c2c(OCCC(=O)OCC)cccc2oc1=O. The molecule has 0 fully saturated rings. The van der Waals surface area contributed by atoms with E-state index in [-0.39, 0.29) is 41.5 Å². The Morgan fingerprint density at radius 3 is 2.67 bits per heavy atom. The van der Waals surface area contributed by atoms with Crippen molar-refractivity contribution in [1.29, 1.82) is 0 Å². The Bertz CT molecular complexity index is 810. The smallest absolute Gasteiger partial charge is 0.383 e. The molecule has 148 valence electrons. The molecule has 0 radical (unpaired) electrons. The summed E-state index contributed by atoms with van der Waals surface area (Å²) in [5, 5.41) is 10.8. The second kappa shape index (κ2) is 10.4. The Morgan fingerprint density at radius 1 is 1.11 bits per heavy atom. The third-order valence-corrected chi connectivity index (χ3v) is 3.94. The van der Waals surface area contributed by atoms with Crippen LogP contribution in [0.15, 0.2) is 27.4 Å². The molecule has 0 saturated heterocycles. The van der Waals surface area contributed by atoms with Crippen LogP contribution in [0.25, 0.3) is 11.0 Å². The zero-order valence-corrected chi connectivity index (χ0v) is 15.8. The number of carbonyl (C=O) groups excluding carboxylic acids is 1. The molecule has 7 nitrogen and oxygen atoms in total. The number of benzene rings is 1. The van der Waals surface area contributed by atoms with Crippen LogP contribution < -0.4 is 15.1 Å². The number of carbonyl (C=O) groups is 1. The van der Waals surface area contributed by atoms with Crippen molar-refractivity contribution < 1.29 is 28.5 Å². The second-order valence-electron chi connectivity index (χ2n) is 6.01. The Morgan fingerprint density at radius 2 is 1.93 bits per heavy atom. The summed E-state index contributed by atoms with van der Waals surface area (Å²) in [7, 11) is 0. The average molecular weight is 378 g/mol. The molecular weight excluding hydrogens is 352 g/mol. The number of aromatic hydroxyl groups is 1. The minimum Gasteiger partial charge on any atom is -0.503 e. The summed E-state index contributed by atoms with van der Waals surface area (Å²) in [6, 6.07) is 4.81. The predicted octanol–water partition coefficient (Wildman–Crippen LogP) is 3.79. The molecule has 7 heteroatoms. The standard InChI is InChI=1S/C20H26O7/c1-3-5-6-7-12-26-19-18(22)17-14(25-13-11-16(21)24-4-2)9-8-10-15(17)27-20(19)23/h8-10,22H,3-7,11-13H2,1-2H3. The minimum atomic E-state index is -0.737. The predicted molar refractivity (Wildman–Crippen MR) is 101 cm³/mol. The summed E-state index contributed by atoms with van der Waals surface area (Å²) in [5.74, 6) is -0.609. The molecule has 2 aromatic rings. The molecule has 2 rings (SSSR count). The van der Waals surface area contributed by atoms with Gasteiger partial charge in [0.25, 0.3) is 0 Å². The number of unbranched alkanes of at least 4 members (excludes halogenated alkanes) is 3. The molecule has 0 amide bonds. The van der Waals surface area contributed by atoms with Gasteiger partial charge in [0, 0.05) is 0 Å². The van der Waals surface area contributed by atoms with Gasteiger partial charge in [-0.2, -0.15) is 0 Å². The Balaban J connectivity index is 2.17. The van der Waals surface area contributed by atoms with Crippen LogP contribution in [-0.2, 0) is 9.53 Å². The maximum Gasteiger partial charge on any atom is 0.383 e. The first-order chi connectivity index (χ1) is 13.1. The number of ether oxygens (including phenoxy) is 3. The molecule has 0 atom stereocenters. The van der Waals surface area contributed by atoms with Gasteiger partial charge in [-0.25, -0.2) is 4.79 Å². The van der Waals surface area contributed by atoms with E-state index in [4.69, 9.17) is 18.6 Å². The quantitative estimate of drug-likeness (QED) is 0.361. The van der Waals surface area contributed by atoms with Gasteiger partial charge in [0.2, 0.25) is 5.75 Å². The highest BCUT2D eigenvalue weighted by atomic mass is 16.5. The molecular formula is C20H26O7. The first-order valence-corrected chi connectivity index (χ1v) is 9.28. The van der Waals surface area contributed by atoms with Gasteiger partial charge < -0.3 is 23.7 Å². The lowest BCUT2D eigenvalue weighted by Gasteiger charge is -2.12. The lowest BCUT2D eigenvalue weighted by Crippen LogP contribution is -2.11. The zero-order chi connectivity index (χ0) is 19.6. The van der Waals surface area contributed by atoms with Crippen molar-refractivity contribution in [3.05, 3.63) is 28.6 Å². The molecule has 1 aromatic heterocycles. The number of hydrogen-bond donors (Lipinski definition) is 1. The van der Waals surface area contributed by atoms with Crippen LogP contribution in [-0.4, -0.2) is 30.9 Å². The summed E-state index contributed by atoms with van der Waals surface area (Å²) < 4.78 is 21.2. The Kier molecular flexibility index (Phi) is 7.98. The molecule has 1 aromatic carbocycles. The fourth-order valence-corrected chi connectivity index (χ4v) is 2.61. The zero-order valence-electron chi connectivity index (χ0n) is 15.8. The third kappa shape index (κ3) is 5.64. The molecule has 1 heterocycles. The molecule has 0 spiro atoms. The van der Waals surface area contributed by atoms with Crippen LogP contribution >= 0.6 is 0 Å². The van der Waals surface area contributed by atoms with E-state index in [0.29, 0.717) is 19.0 Å². The maximum atomic E-state index is 12.1. The van der Waals surface area contributed by atoms with E-state index < -0.39 is 5.63 Å². The highest BCUT2D eigenvalue weighted by molar-refractivity contribution is 5.91.